The van der Waals surface area contributed by atoms with Crippen LogP contribution >= 0.6 is 0 Å². The fourth-order valence-corrected chi connectivity index (χ4v) is 2.27. The van der Waals surface area contributed by atoms with Crippen molar-refractivity contribution in [1.82, 2.24) is 9.88 Å². The minimum absolute atomic E-state index is 0.00464. The number of fused-ring (bicyclic) bond motifs is 1. The van der Waals surface area contributed by atoms with Gasteiger partial charge in [0.05, 0.1) is 13.2 Å². The Morgan fingerprint density at radius 3 is 2.50 bits per heavy atom. The maximum atomic E-state index is 12.1. The van der Waals surface area contributed by atoms with Crippen molar-refractivity contribution >= 4 is 10.9 Å². The van der Waals surface area contributed by atoms with Crippen LogP contribution in [0.4, 0.5) is 0 Å². The molecule has 0 fully saturated rings. The molecular weight excluding hydrogens is 256 g/mol. The molecule has 0 bridgehead atoms. The fraction of sp³-hybridized carbons (Fsp3) is 0.400. The lowest BCUT2D eigenvalue weighted by molar-refractivity contribution is 0.155. The molecule has 0 saturated carbocycles. The molecule has 0 aliphatic heterocycles. The van der Waals surface area contributed by atoms with Gasteiger partial charge in [0, 0.05) is 30.7 Å². The first-order chi connectivity index (χ1) is 9.63. The molecule has 0 radical (unpaired) electrons. The van der Waals surface area contributed by atoms with Crippen molar-refractivity contribution in [1.29, 1.82) is 0 Å². The third-order valence-electron chi connectivity index (χ3n) is 3.30. The number of aliphatic hydroxyl groups excluding tert-OH is 2. The Bertz CT molecular complexity index is 631. The Morgan fingerprint density at radius 1 is 1.15 bits per heavy atom. The molecule has 20 heavy (non-hydrogen) atoms. The van der Waals surface area contributed by atoms with E-state index in [0.29, 0.717) is 25.2 Å². The fourth-order valence-electron chi connectivity index (χ4n) is 2.27. The molecule has 108 valence electrons. The molecule has 0 aliphatic carbocycles. The van der Waals surface area contributed by atoms with E-state index in [-0.39, 0.29) is 18.8 Å². The van der Waals surface area contributed by atoms with Crippen LogP contribution in [-0.4, -0.2) is 46.4 Å². The maximum Gasteiger partial charge on any atom is 0.252 e. The molecule has 1 aromatic heterocycles. The van der Waals surface area contributed by atoms with Crippen molar-refractivity contribution in [2.75, 3.05) is 26.3 Å². The summed E-state index contributed by atoms with van der Waals surface area (Å²) in [6.45, 7) is 3.28. The van der Waals surface area contributed by atoms with E-state index in [2.05, 4.69) is 4.98 Å². The highest BCUT2D eigenvalue weighted by molar-refractivity contribution is 5.79. The molecule has 1 aromatic carbocycles. The number of benzene rings is 1. The average molecular weight is 276 g/mol. The number of rotatable bonds is 6. The lowest BCUT2D eigenvalue weighted by atomic mass is 10.1. The first-order valence-electron chi connectivity index (χ1n) is 6.70. The second-order valence-electron chi connectivity index (χ2n) is 4.94. The van der Waals surface area contributed by atoms with E-state index >= 15 is 0 Å². The summed E-state index contributed by atoms with van der Waals surface area (Å²) < 4.78 is 0. The highest BCUT2D eigenvalue weighted by Crippen LogP contribution is 2.13. The number of nitrogens with zero attached hydrogens (tertiary/aromatic N) is 1. The molecule has 5 heteroatoms. The van der Waals surface area contributed by atoms with E-state index < -0.39 is 0 Å². The van der Waals surface area contributed by atoms with E-state index in [1.165, 1.54) is 0 Å². The standard InChI is InChI=1S/C15H20N2O3/c1-11-2-3-12-9-13(15(20)16-14(12)8-11)10-17(4-6-18)5-7-19/h2-3,8-9,18-19H,4-7,10H2,1H3,(H,16,20). The normalized spacial score (nSPS) is 11.4. The Balaban J connectivity index is 2.31. The summed E-state index contributed by atoms with van der Waals surface area (Å²) >= 11 is 0. The van der Waals surface area contributed by atoms with Crippen LogP contribution in [0.25, 0.3) is 10.9 Å². The van der Waals surface area contributed by atoms with Crippen LogP contribution in [0.3, 0.4) is 0 Å². The Labute approximate surface area is 117 Å². The summed E-state index contributed by atoms with van der Waals surface area (Å²) in [7, 11) is 0. The van der Waals surface area contributed by atoms with Gasteiger partial charge in [0.25, 0.3) is 5.56 Å². The number of pyridine rings is 1. The molecule has 1 heterocycles. The van der Waals surface area contributed by atoms with Gasteiger partial charge in [0.15, 0.2) is 0 Å². The van der Waals surface area contributed by atoms with Crippen LogP contribution in [-0.2, 0) is 6.54 Å². The minimum Gasteiger partial charge on any atom is -0.395 e. The number of hydrogen-bond donors (Lipinski definition) is 3. The summed E-state index contributed by atoms with van der Waals surface area (Å²) in [5.41, 5.74) is 2.45. The van der Waals surface area contributed by atoms with Gasteiger partial charge < -0.3 is 15.2 Å². The van der Waals surface area contributed by atoms with Crippen LogP contribution in [0, 0.1) is 6.92 Å². The van der Waals surface area contributed by atoms with Gasteiger partial charge in [-0.15, -0.1) is 0 Å². The van der Waals surface area contributed by atoms with E-state index in [1.54, 1.807) is 0 Å². The minimum atomic E-state index is -0.121. The van der Waals surface area contributed by atoms with Crippen molar-refractivity contribution in [2.24, 2.45) is 0 Å². The summed E-state index contributed by atoms with van der Waals surface area (Å²) in [5, 5.41) is 19.0. The number of aryl methyl sites for hydroxylation is 1. The first kappa shape index (κ1) is 14.7. The van der Waals surface area contributed by atoms with Crippen molar-refractivity contribution in [2.45, 2.75) is 13.5 Å². The molecular formula is C15H20N2O3. The monoisotopic (exact) mass is 276 g/mol. The highest BCUT2D eigenvalue weighted by Gasteiger charge is 2.09. The highest BCUT2D eigenvalue weighted by atomic mass is 16.3. The maximum absolute atomic E-state index is 12.1. The van der Waals surface area contributed by atoms with Gasteiger partial charge in [0.1, 0.15) is 0 Å². The summed E-state index contributed by atoms with van der Waals surface area (Å²) in [4.78, 5) is 16.8. The molecule has 0 spiro atoms. The van der Waals surface area contributed by atoms with Gasteiger partial charge in [-0.2, -0.15) is 0 Å². The van der Waals surface area contributed by atoms with Crippen molar-refractivity contribution in [3.05, 3.63) is 45.7 Å². The summed E-state index contributed by atoms with van der Waals surface area (Å²) in [5.74, 6) is 0. The second-order valence-corrected chi connectivity index (χ2v) is 4.94. The Hall–Kier alpha value is -1.69. The van der Waals surface area contributed by atoms with Crippen molar-refractivity contribution in [3.63, 3.8) is 0 Å². The molecule has 5 nitrogen and oxygen atoms in total. The number of aliphatic hydroxyl groups is 2. The van der Waals surface area contributed by atoms with E-state index in [0.717, 1.165) is 16.5 Å². The van der Waals surface area contributed by atoms with Gasteiger partial charge in [-0.3, -0.25) is 9.69 Å². The molecule has 0 saturated heterocycles. The predicted molar refractivity (Wildman–Crippen MR) is 78.8 cm³/mol. The largest absolute Gasteiger partial charge is 0.395 e. The van der Waals surface area contributed by atoms with Crippen LogP contribution < -0.4 is 5.56 Å². The van der Waals surface area contributed by atoms with E-state index in [4.69, 9.17) is 10.2 Å². The van der Waals surface area contributed by atoms with Gasteiger partial charge in [-0.05, 0) is 30.0 Å². The van der Waals surface area contributed by atoms with Gasteiger partial charge in [-0.1, -0.05) is 12.1 Å². The lowest BCUT2D eigenvalue weighted by Gasteiger charge is -2.19. The molecule has 0 amide bonds. The lowest BCUT2D eigenvalue weighted by Crippen LogP contribution is -2.31. The molecule has 0 unspecified atom stereocenters. The Kier molecular flexibility index (Phi) is 4.89. The summed E-state index contributed by atoms with van der Waals surface area (Å²) in [6.07, 6.45) is 0. The molecule has 0 aliphatic rings. The van der Waals surface area contributed by atoms with Crippen molar-refractivity contribution < 1.29 is 10.2 Å². The number of hydrogen-bond acceptors (Lipinski definition) is 4. The van der Waals surface area contributed by atoms with E-state index in [9.17, 15) is 4.79 Å². The topological polar surface area (TPSA) is 76.6 Å². The Morgan fingerprint density at radius 2 is 1.85 bits per heavy atom. The number of nitrogens with one attached hydrogen (secondary N) is 1. The van der Waals surface area contributed by atoms with Crippen LogP contribution in [0.5, 0.6) is 0 Å². The molecule has 0 atom stereocenters. The number of aromatic amines is 1. The summed E-state index contributed by atoms with van der Waals surface area (Å²) in [6, 6.07) is 7.80. The van der Waals surface area contributed by atoms with E-state index in [1.807, 2.05) is 36.1 Å². The molecule has 3 N–H and O–H groups in total. The third-order valence-corrected chi connectivity index (χ3v) is 3.30. The van der Waals surface area contributed by atoms with Crippen LogP contribution in [0.2, 0.25) is 0 Å². The van der Waals surface area contributed by atoms with Gasteiger partial charge in [0.2, 0.25) is 0 Å². The second kappa shape index (κ2) is 6.65. The molecule has 2 aromatic rings. The van der Waals surface area contributed by atoms with Crippen LogP contribution in [0.15, 0.2) is 29.1 Å². The number of H-pyrrole nitrogens is 1. The third kappa shape index (κ3) is 3.45. The van der Waals surface area contributed by atoms with Crippen molar-refractivity contribution in [3.8, 4) is 0 Å². The van der Waals surface area contributed by atoms with Gasteiger partial charge >= 0.3 is 0 Å². The van der Waals surface area contributed by atoms with Gasteiger partial charge in [-0.25, -0.2) is 0 Å². The zero-order valence-electron chi connectivity index (χ0n) is 11.6. The quantitative estimate of drug-likeness (QED) is 0.723. The average Bonchev–Trinajstić information content (AvgIpc) is 2.40. The SMILES string of the molecule is Cc1ccc2cc(CN(CCO)CCO)c(=O)[nH]c2c1. The first-order valence-corrected chi connectivity index (χ1v) is 6.70. The predicted octanol–water partition coefficient (Wildman–Crippen LogP) is 0.623. The van der Waals surface area contributed by atoms with Crippen LogP contribution in [0.1, 0.15) is 11.1 Å². The number of aromatic nitrogens is 1. The zero-order valence-corrected chi connectivity index (χ0v) is 11.6. The smallest absolute Gasteiger partial charge is 0.252 e. The molecule has 2 rings (SSSR count). The zero-order chi connectivity index (χ0) is 14.5.